The summed E-state index contributed by atoms with van der Waals surface area (Å²) in [5.74, 6) is 0. The number of hydrogen-bond acceptors (Lipinski definition) is 0. The Balaban J connectivity index is 2.52. The Labute approximate surface area is 50.9 Å². The van der Waals surface area contributed by atoms with Crippen LogP contribution in [-0.4, -0.2) is 0 Å². The Morgan fingerprint density at radius 2 is 2.12 bits per heavy atom. The Morgan fingerprint density at radius 3 is 2.50 bits per heavy atom. The number of hydrogen-bond donors (Lipinski definition) is 0. The first-order valence-electron chi connectivity index (χ1n) is 3.01. The molecule has 1 aliphatic carbocycles. The van der Waals surface area contributed by atoms with Gasteiger partial charge in [0, 0.05) is 0 Å². The third-order valence-electron chi connectivity index (χ3n) is 1.53. The van der Waals surface area contributed by atoms with E-state index in [1.807, 2.05) is 0 Å². The van der Waals surface area contributed by atoms with Crippen LogP contribution in [0.1, 0.15) is 19.3 Å². The lowest BCUT2D eigenvalue weighted by Gasteiger charge is -2.13. The monoisotopic (exact) mass is 107 g/mol. The molecular weight excluding hydrogens is 96.1 g/mol. The van der Waals surface area contributed by atoms with Gasteiger partial charge in [-0.15, -0.1) is 0 Å². The molecule has 8 heavy (non-hydrogen) atoms. The second kappa shape index (κ2) is 2.17. The molecular formula is C8H11. The maximum absolute atomic E-state index is 3.86. The van der Waals surface area contributed by atoms with Gasteiger partial charge < -0.3 is 0 Å². The van der Waals surface area contributed by atoms with Crippen LogP contribution >= 0.6 is 0 Å². The maximum atomic E-state index is 3.86. The van der Waals surface area contributed by atoms with E-state index in [1.165, 1.54) is 18.4 Å². The van der Waals surface area contributed by atoms with Crippen LogP contribution in [0.3, 0.4) is 0 Å². The highest BCUT2D eigenvalue weighted by Gasteiger charge is 2.05. The van der Waals surface area contributed by atoms with E-state index in [4.69, 9.17) is 0 Å². The predicted octanol–water partition coefficient (Wildman–Crippen LogP) is 2.49. The van der Waals surface area contributed by atoms with Gasteiger partial charge in [-0.25, -0.2) is 0 Å². The number of allylic oxidation sites excluding steroid dienone is 2. The van der Waals surface area contributed by atoms with E-state index in [0.717, 1.165) is 12.0 Å². The minimum Gasteiger partial charge on any atom is -0.0956 e. The molecule has 1 aliphatic rings. The lowest BCUT2D eigenvalue weighted by Crippen LogP contribution is -1.95. The molecule has 0 aromatic rings. The largest absolute Gasteiger partial charge is 0.0956 e. The van der Waals surface area contributed by atoms with E-state index >= 15 is 0 Å². The molecule has 0 atom stereocenters. The molecule has 1 saturated carbocycles. The summed E-state index contributed by atoms with van der Waals surface area (Å²) in [6.45, 7) is 7.70. The Bertz CT molecular complexity index is 104. The summed E-state index contributed by atoms with van der Waals surface area (Å²) >= 11 is 0. The predicted molar refractivity (Wildman–Crippen MR) is 36.4 cm³/mol. The molecule has 0 unspecified atom stereocenters. The second-order valence-electron chi connectivity index (χ2n) is 2.23. The summed E-state index contributed by atoms with van der Waals surface area (Å²) in [6, 6.07) is 0. The Hall–Kier alpha value is -0.520. The fourth-order valence-corrected chi connectivity index (χ4v) is 0.897. The zero-order valence-corrected chi connectivity index (χ0v) is 5.11. The van der Waals surface area contributed by atoms with Crippen LogP contribution in [0.15, 0.2) is 24.3 Å². The van der Waals surface area contributed by atoms with E-state index in [-0.39, 0.29) is 0 Å². The van der Waals surface area contributed by atoms with Crippen molar-refractivity contribution in [3.05, 3.63) is 30.7 Å². The highest BCUT2D eigenvalue weighted by molar-refractivity contribution is 5.34. The van der Waals surface area contributed by atoms with E-state index in [9.17, 15) is 0 Å². The minimum atomic E-state index is 1.15. The van der Waals surface area contributed by atoms with Crippen molar-refractivity contribution in [2.75, 3.05) is 0 Å². The SMILES string of the molecule is C=C1[CH]CCCC1=C. The molecule has 0 aromatic carbocycles. The Kier molecular flexibility index (Phi) is 1.52. The van der Waals surface area contributed by atoms with Crippen LogP contribution in [0, 0.1) is 6.42 Å². The maximum Gasteiger partial charge on any atom is -0.00964 e. The van der Waals surface area contributed by atoms with Gasteiger partial charge in [0.1, 0.15) is 0 Å². The van der Waals surface area contributed by atoms with Gasteiger partial charge in [0.05, 0.1) is 0 Å². The third-order valence-corrected chi connectivity index (χ3v) is 1.53. The minimum absolute atomic E-state index is 1.15. The molecule has 0 aliphatic heterocycles. The van der Waals surface area contributed by atoms with Crippen LogP contribution < -0.4 is 0 Å². The summed E-state index contributed by atoms with van der Waals surface area (Å²) in [5, 5.41) is 0. The average Bonchev–Trinajstić information content (AvgIpc) is 1.77. The van der Waals surface area contributed by atoms with Gasteiger partial charge in [0.25, 0.3) is 0 Å². The zero-order valence-electron chi connectivity index (χ0n) is 5.11. The molecule has 0 saturated heterocycles. The van der Waals surface area contributed by atoms with Gasteiger partial charge in [-0.3, -0.25) is 0 Å². The fourth-order valence-electron chi connectivity index (χ4n) is 0.897. The second-order valence-corrected chi connectivity index (χ2v) is 2.23. The summed E-state index contributed by atoms with van der Waals surface area (Å²) in [4.78, 5) is 0. The molecule has 1 radical (unpaired) electrons. The molecule has 0 amide bonds. The van der Waals surface area contributed by atoms with Crippen LogP contribution in [-0.2, 0) is 0 Å². The molecule has 43 valence electrons. The smallest absolute Gasteiger partial charge is 0.00964 e. The molecule has 0 N–H and O–H groups in total. The van der Waals surface area contributed by atoms with Gasteiger partial charge in [0.2, 0.25) is 0 Å². The summed E-state index contributed by atoms with van der Waals surface area (Å²) in [7, 11) is 0. The van der Waals surface area contributed by atoms with Crippen LogP contribution in [0.25, 0.3) is 0 Å². The Morgan fingerprint density at radius 1 is 1.38 bits per heavy atom. The van der Waals surface area contributed by atoms with Gasteiger partial charge in [0.15, 0.2) is 0 Å². The molecule has 0 aromatic heterocycles. The molecule has 0 heterocycles. The van der Waals surface area contributed by atoms with Crippen LogP contribution in [0.4, 0.5) is 0 Å². The first-order valence-corrected chi connectivity index (χ1v) is 3.01. The fraction of sp³-hybridized carbons (Fsp3) is 0.375. The quantitative estimate of drug-likeness (QED) is 0.446. The number of rotatable bonds is 0. The van der Waals surface area contributed by atoms with Crippen molar-refractivity contribution in [3.63, 3.8) is 0 Å². The molecule has 1 rings (SSSR count). The topological polar surface area (TPSA) is 0 Å². The van der Waals surface area contributed by atoms with Crippen molar-refractivity contribution in [1.82, 2.24) is 0 Å². The van der Waals surface area contributed by atoms with Crippen molar-refractivity contribution in [2.24, 2.45) is 0 Å². The van der Waals surface area contributed by atoms with E-state index in [2.05, 4.69) is 19.6 Å². The van der Waals surface area contributed by atoms with Crippen LogP contribution in [0.5, 0.6) is 0 Å². The lowest BCUT2D eigenvalue weighted by atomic mass is 9.92. The van der Waals surface area contributed by atoms with Crippen molar-refractivity contribution < 1.29 is 0 Å². The average molecular weight is 107 g/mol. The standard InChI is InChI=1S/C8H11/c1-7-5-3-4-6-8(7)2/h5H,1-4,6H2. The van der Waals surface area contributed by atoms with E-state index < -0.39 is 0 Å². The summed E-state index contributed by atoms with van der Waals surface area (Å²) in [5.41, 5.74) is 2.37. The third kappa shape index (κ3) is 1.00. The highest BCUT2D eigenvalue weighted by atomic mass is 14.1. The molecule has 0 heteroatoms. The molecule has 0 nitrogen and oxygen atoms in total. The lowest BCUT2D eigenvalue weighted by molar-refractivity contribution is 0.772. The normalized spacial score (nSPS) is 21.5. The summed E-state index contributed by atoms with van der Waals surface area (Å²) in [6.07, 6.45) is 5.76. The molecule has 1 fully saturated rings. The first kappa shape index (κ1) is 5.61. The zero-order chi connectivity index (χ0) is 5.98. The summed E-state index contributed by atoms with van der Waals surface area (Å²) < 4.78 is 0. The van der Waals surface area contributed by atoms with Gasteiger partial charge >= 0.3 is 0 Å². The van der Waals surface area contributed by atoms with Crippen LogP contribution in [0.2, 0.25) is 0 Å². The van der Waals surface area contributed by atoms with Gasteiger partial charge in [-0.1, -0.05) is 18.7 Å². The van der Waals surface area contributed by atoms with Crippen molar-refractivity contribution in [1.29, 1.82) is 0 Å². The molecule has 0 bridgehead atoms. The van der Waals surface area contributed by atoms with Crippen molar-refractivity contribution >= 4 is 0 Å². The van der Waals surface area contributed by atoms with E-state index in [1.54, 1.807) is 0 Å². The van der Waals surface area contributed by atoms with E-state index in [0.29, 0.717) is 0 Å². The highest BCUT2D eigenvalue weighted by Crippen LogP contribution is 2.24. The first-order chi connectivity index (χ1) is 3.80. The molecule has 0 spiro atoms. The van der Waals surface area contributed by atoms with Crippen molar-refractivity contribution in [3.8, 4) is 0 Å². The van der Waals surface area contributed by atoms with Crippen molar-refractivity contribution in [2.45, 2.75) is 19.3 Å². The van der Waals surface area contributed by atoms with Gasteiger partial charge in [-0.2, -0.15) is 0 Å². The van der Waals surface area contributed by atoms with Gasteiger partial charge in [-0.05, 0) is 31.3 Å².